The molecule has 0 saturated carbocycles. The number of hydrogen-bond acceptors (Lipinski definition) is 6. The summed E-state index contributed by atoms with van der Waals surface area (Å²) in [5, 5.41) is 25.5. The number of phenols is 1. The largest absolute Gasteiger partial charge is 0.507 e. The molecule has 162 valence electrons. The lowest BCUT2D eigenvalue weighted by atomic mass is 10.0. The van der Waals surface area contributed by atoms with Crippen LogP contribution in [0.4, 0.5) is 0 Å². The van der Waals surface area contributed by atoms with Crippen LogP contribution in [0.25, 0.3) is 0 Å². The lowest BCUT2D eigenvalue weighted by Gasteiger charge is -2.14. The van der Waals surface area contributed by atoms with Crippen molar-refractivity contribution in [2.45, 2.75) is 40.2 Å². The van der Waals surface area contributed by atoms with E-state index in [9.17, 15) is 29.1 Å². The Labute approximate surface area is 173 Å². The zero-order chi connectivity index (χ0) is 23.0. The van der Waals surface area contributed by atoms with Gasteiger partial charge in [0.1, 0.15) is 17.7 Å². The van der Waals surface area contributed by atoms with Crippen LogP contribution in [-0.4, -0.2) is 52.8 Å². The number of aromatic hydroxyl groups is 1. The van der Waals surface area contributed by atoms with Gasteiger partial charge in [0.2, 0.25) is 5.91 Å². The van der Waals surface area contributed by atoms with Crippen LogP contribution >= 0.6 is 0 Å². The summed E-state index contributed by atoms with van der Waals surface area (Å²) < 4.78 is 0. The molecule has 1 atom stereocenters. The number of carboxylic acids is 1. The zero-order valence-corrected chi connectivity index (χ0v) is 17.2. The summed E-state index contributed by atoms with van der Waals surface area (Å²) in [4.78, 5) is 58.2. The zero-order valence-electron chi connectivity index (χ0n) is 17.2. The van der Waals surface area contributed by atoms with Gasteiger partial charge in [-0.25, -0.2) is 0 Å². The molecule has 0 aliphatic carbocycles. The Balaban J connectivity index is 2.79. The third-order valence-electron chi connectivity index (χ3n) is 4.03. The number of aryl methyl sites for hydroxylation is 2. The smallest absolute Gasteiger partial charge is 0.305 e. The van der Waals surface area contributed by atoms with Gasteiger partial charge < -0.3 is 31.0 Å². The maximum atomic E-state index is 12.5. The van der Waals surface area contributed by atoms with E-state index in [1.165, 1.54) is 12.1 Å². The SMILES string of the molecule is CC(C)=C(NC(=O)c1cc(C)c(O)c(C)c1)C(=O)NCC(=O)N[C@H](C=O)CC(=O)O. The van der Waals surface area contributed by atoms with Crippen molar-refractivity contribution in [2.24, 2.45) is 0 Å². The minimum atomic E-state index is -1.26. The van der Waals surface area contributed by atoms with Gasteiger partial charge >= 0.3 is 5.97 Å². The Bertz CT molecular complexity index is 879. The first-order chi connectivity index (χ1) is 14.0. The number of amides is 3. The highest BCUT2D eigenvalue weighted by atomic mass is 16.4. The topological polar surface area (TPSA) is 162 Å². The third kappa shape index (κ3) is 7.04. The van der Waals surface area contributed by atoms with E-state index in [1.54, 1.807) is 27.7 Å². The van der Waals surface area contributed by atoms with Crippen molar-refractivity contribution in [3.05, 3.63) is 40.1 Å². The van der Waals surface area contributed by atoms with Crippen LogP contribution in [-0.2, 0) is 19.2 Å². The van der Waals surface area contributed by atoms with E-state index in [-0.39, 0.29) is 23.3 Å². The van der Waals surface area contributed by atoms with Gasteiger partial charge in [0.15, 0.2) is 0 Å². The monoisotopic (exact) mass is 419 g/mol. The number of carboxylic acid groups (broad SMARTS) is 1. The Morgan fingerprint density at radius 3 is 2.13 bits per heavy atom. The second-order valence-electron chi connectivity index (χ2n) is 6.88. The molecule has 0 radical (unpaired) electrons. The van der Waals surface area contributed by atoms with Crippen molar-refractivity contribution in [3.63, 3.8) is 0 Å². The molecule has 10 nitrogen and oxygen atoms in total. The van der Waals surface area contributed by atoms with Gasteiger partial charge in [0.05, 0.1) is 19.0 Å². The number of aldehydes is 1. The Morgan fingerprint density at radius 1 is 1.10 bits per heavy atom. The van der Waals surface area contributed by atoms with E-state index in [0.29, 0.717) is 16.7 Å². The number of hydrogen-bond donors (Lipinski definition) is 5. The van der Waals surface area contributed by atoms with Crippen LogP contribution in [0, 0.1) is 13.8 Å². The van der Waals surface area contributed by atoms with E-state index in [0.717, 1.165) is 0 Å². The third-order valence-corrected chi connectivity index (χ3v) is 4.03. The summed E-state index contributed by atoms with van der Waals surface area (Å²) in [5.74, 6) is -3.24. The molecule has 0 bridgehead atoms. The van der Waals surface area contributed by atoms with Gasteiger partial charge in [-0.05, 0) is 56.5 Å². The second kappa shape index (κ2) is 10.7. The predicted octanol–water partition coefficient (Wildman–Crippen LogP) is 0.307. The quantitative estimate of drug-likeness (QED) is 0.284. The first kappa shape index (κ1) is 24.3. The molecule has 10 heteroatoms. The summed E-state index contributed by atoms with van der Waals surface area (Å²) in [6.07, 6.45) is -0.291. The van der Waals surface area contributed by atoms with Gasteiger partial charge in [-0.3, -0.25) is 19.2 Å². The van der Waals surface area contributed by atoms with Crippen LogP contribution < -0.4 is 16.0 Å². The molecular weight excluding hydrogens is 394 g/mol. The van der Waals surface area contributed by atoms with E-state index in [4.69, 9.17) is 5.11 Å². The van der Waals surface area contributed by atoms with Crippen molar-refractivity contribution in [2.75, 3.05) is 6.54 Å². The second-order valence-corrected chi connectivity index (χ2v) is 6.88. The maximum Gasteiger partial charge on any atom is 0.305 e. The molecule has 0 aliphatic rings. The molecule has 1 rings (SSSR count). The minimum Gasteiger partial charge on any atom is -0.507 e. The molecule has 0 aromatic heterocycles. The van der Waals surface area contributed by atoms with Gasteiger partial charge in [0.25, 0.3) is 11.8 Å². The van der Waals surface area contributed by atoms with Crippen molar-refractivity contribution in [1.82, 2.24) is 16.0 Å². The number of rotatable bonds is 9. The van der Waals surface area contributed by atoms with E-state index < -0.39 is 42.7 Å². The fraction of sp³-hybridized carbons (Fsp3) is 0.350. The Hall–Kier alpha value is -3.69. The average Bonchev–Trinajstić information content (AvgIpc) is 2.66. The minimum absolute atomic E-state index is 0.0614. The Kier molecular flexibility index (Phi) is 8.72. The van der Waals surface area contributed by atoms with Gasteiger partial charge in [0, 0.05) is 5.56 Å². The molecule has 0 fully saturated rings. The van der Waals surface area contributed by atoms with Crippen LogP contribution in [0.1, 0.15) is 41.8 Å². The standard InChI is InChI=1S/C20H25N3O7/c1-10(2)17(23-19(29)13-5-11(3)18(28)12(4)6-13)20(30)21-8-15(25)22-14(9-24)7-16(26)27/h5-6,9,14,28H,7-8H2,1-4H3,(H,21,30)(H,22,25)(H,23,29)(H,26,27)/t14-/m0/s1. The summed E-state index contributed by atoms with van der Waals surface area (Å²) >= 11 is 0. The van der Waals surface area contributed by atoms with E-state index in [2.05, 4.69) is 16.0 Å². The molecule has 1 aromatic rings. The fourth-order valence-corrected chi connectivity index (χ4v) is 2.51. The number of phenolic OH excluding ortho intramolecular Hbond substituents is 1. The highest BCUT2D eigenvalue weighted by molar-refractivity contribution is 6.04. The number of nitrogens with one attached hydrogen (secondary N) is 3. The lowest BCUT2D eigenvalue weighted by molar-refractivity contribution is -0.139. The fourth-order valence-electron chi connectivity index (χ4n) is 2.51. The van der Waals surface area contributed by atoms with Crippen LogP contribution in [0.5, 0.6) is 5.75 Å². The number of benzene rings is 1. The number of carbonyl (C=O) groups is 5. The number of allylic oxidation sites excluding steroid dienone is 1. The van der Waals surface area contributed by atoms with Crippen molar-refractivity contribution in [3.8, 4) is 5.75 Å². The normalized spacial score (nSPS) is 11.1. The highest BCUT2D eigenvalue weighted by Gasteiger charge is 2.19. The van der Waals surface area contributed by atoms with Crippen LogP contribution in [0.15, 0.2) is 23.4 Å². The maximum absolute atomic E-state index is 12.5. The van der Waals surface area contributed by atoms with Crippen molar-refractivity contribution < 1.29 is 34.2 Å². The molecule has 0 aliphatic heterocycles. The summed E-state index contributed by atoms with van der Waals surface area (Å²) in [7, 11) is 0. The van der Waals surface area contributed by atoms with Crippen LogP contribution in [0.2, 0.25) is 0 Å². The van der Waals surface area contributed by atoms with Gasteiger partial charge in [-0.2, -0.15) is 0 Å². The Morgan fingerprint density at radius 2 is 1.67 bits per heavy atom. The summed E-state index contributed by atoms with van der Waals surface area (Å²) in [6.45, 7) is 5.95. The average molecular weight is 419 g/mol. The molecule has 3 amide bonds. The molecule has 30 heavy (non-hydrogen) atoms. The summed E-state index contributed by atoms with van der Waals surface area (Å²) in [6, 6.07) is 1.75. The highest BCUT2D eigenvalue weighted by Crippen LogP contribution is 2.23. The van der Waals surface area contributed by atoms with E-state index >= 15 is 0 Å². The number of aliphatic carboxylic acids is 1. The first-order valence-corrected chi connectivity index (χ1v) is 9.00. The predicted molar refractivity (Wildman–Crippen MR) is 107 cm³/mol. The molecule has 0 saturated heterocycles. The molecule has 5 N–H and O–H groups in total. The van der Waals surface area contributed by atoms with Gasteiger partial charge in [-0.15, -0.1) is 0 Å². The molecule has 0 heterocycles. The van der Waals surface area contributed by atoms with E-state index in [1.807, 2.05) is 0 Å². The number of carbonyl (C=O) groups excluding carboxylic acids is 4. The molecule has 0 spiro atoms. The summed E-state index contributed by atoms with van der Waals surface area (Å²) in [5.41, 5.74) is 1.67. The van der Waals surface area contributed by atoms with Crippen LogP contribution in [0.3, 0.4) is 0 Å². The first-order valence-electron chi connectivity index (χ1n) is 9.00. The van der Waals surface area contributed by atoms with Crippen molar-refractivity contribution in [1.29, 1.82) is 0 Å². The molecule has 0 unspecified atom stereocenters. The van der Waals surface area contributed by atoms with Gasteiger partial charge in [-0.1, -0.05) is 0 Å². The molecular formula is C20H25N3O7. The lowest BCUT2D eigenvalue weighted by Crippen LogP contribution is -2.45. The molecule has 1 aromatic carbocycles. The van der Waals surface area contributed by atoms with Crippen molar-refractivity contribution >= 4 is 30.0 Å².